The van der Waals surface area contributed by atoms with Crippen molar-refractivity contribution in [2.45, 2.75) is 39.2 Å². The molecule has 0 amide bonds. The van der Waals surface area contributed by atoms with Crippen LogP contribution in [0.1, 0.15) is 31.7 Å². The Balaban J connectivity index is 1.42. The summed E-state index contributed by atoms with van der Waals surface area (Å²) in [6.07, 6.45) is 3.39. The lowest BCUT2D eigenvalue weighted by Gasteiger charge is -2.37. The highest BCUT2D eigenvalue weighted by Gasteiger charge is 2.20. The van der Waals surface area contributed by atoms with Crippen LogP contribution >= 0.6 is 0 Å². The van der Waals surface area contributed by atoms with Crippen LogP contribution in [-0.2, 0) is 9.47 Å². The van der Waals surface area contributed by atoms with Crippen LogP contribution in [0, 0.1) is 6.92 Å². The number of nitrogens with one attached hydrogen (secondary N) is 1. The highest BCUT2D eigenvalue weighted by molar-refractivity contribution is 5.80. The van der Waals surface area contributed by atoms with E-state index in [1.807, 2.05) is 0 Å². The molecular weight excluding hydrogens is 352 g/mol. The molecule has 1 N–H and O–H groups in total. The fourth-order valence-corrected chi connectivity index (χ4v) is 3.77. The van der Waals surface area contributed by atoms with Crippen LogP contribution in [0.3, 0.4) is 0 Å². The third-order valence-corrected chi connectivity index (χ3v) is 5.37. The maximum absolute atomic E-state index is 5.95. The van der Waals surface area contributed by atoms with Crippen molar-refractivity contribution >= 4 is 11.6 Å². The second kappa shape index (κ2) is 11.3. The van der Waals surface area contributed by atoms with Crippen molar-refractivity contribution < 1.29 is 9.47 Å². The van der Waals surface area contributed by atoms with E-state index < -0.39 is 0 Å². The van der Waals surface area contributed by atoms with Gasteiger partial charge in [-0.3, -0.25) is 4.99 Å². The molecule has 0 saturated carbocycles. The summed E-state index contributed by atoms with van der Waals surface area (Å²) in [6, 6.07) is 8.78. The predicted molar refractivity (Wildman–Crippen MR) is 115 cm³/mol. The zero-order chi connectivity index (χ0) is 19.6. The summed E-state index contributed by atoms with van der Waals surface area (Å²) in [5.41, 5.74) is 2.64. The first-order chi connectivity index (χ1) is 13.8. The molecule has 2 heterocycles. The molecule has 0 bridgehead atoms. The van der Waals surface area contributed by atoms with Gasteiger partial charge in [-0.05, 0) is 50.8 Å². The Morgan fingerprint density at radius 1 is 1.21 bits per heavy atom. The Bertz CT molecular complexity index is 608. The summed E-state index contributed by atoms with van der Waals surface area (Å²) in [4.78, 5) is 9.69. The van der Waals surface area contributed by atoms with E-state index in [-0.39, 0.29) is 0 Å². The van der Waals surface area contributed by atoms with Crippen molar-refractivity contribution in [3.8, 4) is 0 Å². The molecule has 3 rings (SSSR count). The standard InChI is InChI=1S/C22H36N4O2/c1-3-23-22(24-10-5-15-28-21-8-16-27-17-9-21)26-13-11-25(12-14-26)20-7-4-6-19(2)18-20/h4,6-7,18,21H,3,5,8-17H2,1-2H3,(H,23,24). The molecule has 1 aromatic carbocycles. The Kier molecular flexibility index (Phi) is 8.42. The van der Waals surface area contributed by atoms with Gasteiger partial charge in [0.15, 0.2) is 5.96 Å². The molecule has 2 aliphatic heterocycles. The number of rotatable bonds is 7. The summed E-state index contributed by atoms with van der Waals surface area (Å²) in [5.74, 6) is 1.04. The predicted octanol–water partition coefficient (Wildman–Crippen LogP) is 2.67. The summed E-state index contributed by atoms with van der Waals surface area (Å²) in [7, 11) is 0. The third-order valence-electron chi connectivity index (χ3n) is 5.37. The molecule has 2 saturated heterocycles. The lowest BCUT2D eigenvalue weighted by Crippen LogP contribution is -2.52. The van der Waals surface area contributed by atoms with E-state index in [1.165, 1.54) is 11.3 Å². The number of aliphatic imine (C=N–C) groups is 1. The van der Waals surface area contributed by atoms with Crippen LogP contribution in [0.2, 0.25) is 0 Å². The maximum atomic E-state index is 5.95. The van der Waals surface area contributed by atoms with Gasteiger partial charge in [0.1, 0.15) is 0 Å². The minimum Gasteiger partial charge on any atom is -0.381 e. The number of benzene rings is 1. The second-order valence-electron chi connectivity index (χ2n) is 7.58. The molecule has 0 unspecified atom stereocenters. The van der Waals surface area contributed by atoms with E-state index >= 15 is 0 Å². The molecule has 2 fully saturated rings. The van der Waals surface area contributed by atoms with Crippen LogP contribution in [0.25, 0.3) is 0 Å². The molecular formula is C22H36N4O2. The average molecular weight is 389 g/mol. The van der Waals surface area contributed by atoms with Gasteiger partial charge < -0.3 is 24.6 Å². The van der Waals surface area contributed by atoms with Crippen LogP contribution in [0.5, 0.6) is 0 Å². The van der Waals surface area contributed by atoms with Crippen molar-refractivity contribution in [2.24, 2.45) is 4.99 Å². The van der Waals surface area contributed by atoms with Gasteiger partial charge in [-0.15, -0.1) is 0 Å². The largest absolute Gasteiger partial charge is 0.381 e. The van der Waals surface area contributed by atoms with Crippen molar-refractivity contribution in [3.05, 3.63) is 29.8 Å². The Hall–Kier alpha value is -1.79. The number of nitrogens with zero attached hydrogens (tertiary/aromatic N) is 3. The number of anilines is 1. The van der Waals surface area contributed by atoms with E-state index in [0.717, 1.165) is 84.3 Å². The van der Waals surface area contributed by atoms with Crippen molar-refractivity contribution in [1.82, 2.24) is 10.2 Å². The van der Waals surface area contributed by atoms with Crippen LogP contribution in [0.4, 0.5) is 5.69 Å². The number of piperazine rings is 1. The summed E-state index contributed by atoms with van der Waals surface area (Å²) >= 11 is 0. The molecule has 6 heteroatoms. The zero-order valence-electron chi connectivity index (χ0n) is 17.5. The van der Waals surface area contributed by atoms with Crippen molar-refractivity contribution in [1.29, 1.82) is 0 Å². The molecule has 6 nitrogen and oxygen atoms in total. The van der Waals surface area contributed by atoms with Gasteiger partial charge in [-0.2, -0.15) is 0 Å². The number of ether oxygens (including phenoxy) is 2. The molecule has 156 valence electrons. The van der Waals surface area contributed by atoms with Gasteiger partial charge in [0, 0.05) is 64.8 Å². The number of hydrogen-bond acceptors (Lipinski definition) is 4. The van der Waals surface area contributed by atoms with Crippen molar-refractivity contribution in [2.75, 3.05) is 64.0 Å². The van der Waals surface area contributed by atoms with Gasteiger partial charge in [0.2, 0.25) is 0 Å². The second-order valence-corrected chi connectivity index (χ2v) is 7.58. The van der Waals surface area contributed by atoms with Gasteiger partial charge >= 0.3 is 0 Å². The van der Waals surface area contributed by atoms with E-state index in [4.69, 9.17) is 14.5 Å². The normalized spacial score (nSPS) is 19.1. The van der Waals surface area contributed by atoms with Crippen LogP contribution in [0.15, 0.2) is 29.3 Å². The van der Waals surface area contributed by atoms with Gasteiger partial charge in [-0.25, -0.2) is 0 Å². The van der Waals surface area contributed by atoms with Gasteiger partial charge in [0.05, 0.1) is 6.10 Å². The molecule has 28 heavy (non-hydrogen) atoms. The van der Waals surface area contributed by atoms with Gasteiger partial charge in [-0.1, -0.05) is 12.1 Å². The molecule has 0 radical (unpaired) electrons. The summed E-state index contributed by atoms with van der Waals surface area (Å²) in [5, 5.41) is 3.46. The lowest BCUT2D eigenvalue weighted by molar-refractivity contribution is -0.0318. The molecule has 0 atom stereocenters. The molecule has 1 aromatic rings. The van der Waals surface area contributed by atoms with Crippen LogP contribution in [-0.4, -0.2) is 76.1 Å². The minimum atomic E-state index is 0.376. The molecule has 2 aliphatic rings. The highest BCUT2D eigenvalue weighted by atomic mass is 16.5. The SMILES string of the molecule is CCNC(=NCCCOC1CCOCC1)N1CCN(c2cccc(C)c2)CC1. The number of guanidine groups is 1. The minimum absolute atomic E-state index is 0.376. The van der Waals surface area contributed by atoms with E-state index in [1.54, 1.807) is 0 Å². The summed E-state index contributed by atoms with van der Waals surface area (Å²) < 4.78 is 11.3. The first kappa shape index (κ1) is 20.9. The maximum Gasteiger partial charge on any atom is 0.194 e. The number of hydrogen-bond donors (Lipinski definition) is 1. The lowest BCUT2D eigenvalue weighted by atomic mass is 10.1. The first-order valence-electron chi connectivity index (χ1n) is 10.8. The Morgan fingerprint density at radius 3 is 2.71 bits per heavy atom. The highest BCUT2D eigenvalue weighted by Crippen LogP contribution is 2.18. The van der Waals surface area contributed by atoms with E-state index in [0.29, 0.717) is 6.10 Å². The smallest absolute Gasteiger partial charge is 0.194 e. The molecule has 0 aliphatic carbocycles. The van der Waals surface area contributed by atoms with Crippen LogP contribution < -0.4 is 10.2 Å². The fraction of sp³-hybridized carbons (Fsp3) is 0.682. The average Bonchev–Trinajstić information content (AvgIpc) is 2.74. The zero-order valence-corrected chi connectivity index (χ0v) is 17.5. The topological polar surface area (TPSA) is 49.3 Å². The molecule has 0 spiro atoms. The monoisotopic (exact) mass is 388 g/mol. The molecule has 0 aromatic heterocycles. The summed E-state index contributed by atoms with van der Waals surface area (Å²) in [6.45, 7) is 12.5. The fourth-order valence-electron chi connectivity index (χ4n) is 3.77. The number of aryl methyl sites for hydroxylation is 1. The first-order valence-corrected chi connectivity index (χ1v) is 10.8. The van der Waals surface area contributed by atoms with Crippen molar-refractivity contribution in [3.63, 3.8) is 0 Å². The third kappa shape index (κ3) is 6.38. The van der Waals surface area contributed by atoms with E-state index in [9.17, 15) is 0 Å². The van der Waals surface area contributed by atoms with E-state index in [2.05, 4.69) is 53.2 Å². The Labute approximate surface area is 169 Å². The quantitative estimate of drug-likeness (QED) is 0.442. The Morgan fingerprint density at radius 2 is 2.00 bits per heavy atom. The van der Waals surface area contributed by atoms with Gasteiger partial charge in [0.25, 0.3) is 0 Å².